The average molecular weight is 306 g/mol. The van der Waals surface area contributed by atoms with E-state index in [0.29, 0.717) is 17.8 Å². The van der Waals surface area contributed by atoms with Crippen molar-refractivity contribution in [1.29, 1.82) is 0 Å². The summed E-state index contributed by atoms with van der Waals surface area (Å²) in [5.74, 6) is 3.40. The Kier molecular flexibility index (Phi) is 2.86. The standard InChI is InChI=1S/C21H22O2/c22-21(23)16-7-6-13-11-18-17(10-12-4-2-1-3-5-12)15-9-8-14(16)19(13)20(15)18/h1-9,13-20H,10-11H2,(H,22,23)/t13-,14+,15-,16-,17-,18+,19-,20-/m1/s1. The highest BCUT2D eigenvalue weighted by Crippen LogP contribution is 2.66. The van der Waals surface area contributed by atoms with Gasteiger partial charge in [-0.25, -0.2) is 0 Å². The predicted molar refractivity (Wildman–Crippen MR) is 88.6 cm³/mol. The molecule has 1 aromatic carbocycles. The lowest BCUT2D eigenvalue weighted by Gasteiger charge is -2.54. The smallest absolute Gasteiger partial charge is 0.310 e. The van der Waals surface area contributed by atoms with Gasteiger partial charge in [0.2, 0.25) is 0 Å². The fraction of sp³-hybridized carbons (Fsp3) is 0.476. The first-order valence-electron chi connectivity index (χ1n) is 8.87. The zero-order valence-electron chi connectivity index (χ0n) is 13.1. The molecule has 0 spiro atoms. The molecule has 2 saturated carbocycles. The number of hydrogen-bond donors (Lipinski definition) is 1. The van der Waals surface area contributed by atoms with E-state index in [1.807, 2.05) is 6.08 Å². The van der Waals surface area contributed by atoms with Crippen LogP contribution in [0.4, 0.5) is 0 Å². The second kappa shape index (κ2) is 4.83. The highest BCUT2D eigenvalue weighted by molar-refractivity contribution is 5.73. The predicted octanol–water partition coefficient (Wildman–Crippen LogP) is 3.80. The van der Waals surface area contributed by atoms with E-state index in [-0.39, 0.29) is 11.8 Å². The van der Waals surface area contributed by atoms with Crippen LogP contribution >= 0.6 is 0 Å². The van der Waals surface area contributed by atoms with Gasteiger partial charge < -0.3 is 5.11 Å². The number of allylic oxidation sites excluding steroid dienone is 3. The minimum atomic E-state index is -0.656. The fourth-order valence-corrected chi connectivity index (χ4v) is 6.20. The van der Waals surface area contributed by atoms with Gasteiger partial charge in [-0.05, 0) is 59.8 Å². The molecule has 118 valence electrons. The van der Waals surface area contributed by atoms with Crippen LogP contribution < -0.4 is 0 Å². The van der Waals surface area contributed by atoms with E-state index in [0.717, 1.165) is 17.8 Å². The summed E-state index contributed by atoms with van der Waals surface area (Å²) in [6.07, 6.45) is 11.3. The Morgan fingerprint density at radius 2 is 1.78 bits per heavy atom. The fourth-order valence-electron chi connectivity index (χ4n) is 6.20. The molecular weight excluding hydrogens is 284 g/mol. The zero-order valence-corrected chi connectivity index (χ0v) is 13.1. The van der Waals surface area contributed by atoms with Gasteiger partial charge in [-0.3, -0.25) is 4.79 Å². The quantitative estimate of drug-likeness (QED) is 0.862. The van der Waals surface area contributed by atoms with Crippen LogP contribution in [0.5, 0.6) is 0 Å². The molecule has 2 heteroatoms. The van der Waals surface area contributed by atoms with E-state index in [2.05, 4.69) is 48.6 Å². The molecule has 8 atom stereocenters. The first-order valence-corrected chi connectivity index (χ1v) is 8.87. The van der Waals surface area contributed by atoms with Crippen LogP contribution in [-0.2, 0) is 11.2 Å². The maximum absolute atomic E-state index is 11.6. The van der Waals surface area contributed by atoms with Crippen LogP contribution in [0.2, 0.25) is 0 Å². The highest BCUT2D eigenvalue weighted by atomic mass is 16.4. The van der Waals surface area contributed by atoms with Crippen LogP contribution in [-0.4, -0.2) is 11.1 Å². The molecule has 0 aromatic heterocycles. The van der Waals surface area contributed by atoms with Gasteiger partial charge in [0, 0.05) is 0 Å². The molecule has 0 bridgehead atoms. The topological polar surface area (TPSA) is 37.3 Å². The van der Waals surface area contributed by atoms with Gasteiger partial charge in [-0.1, -0.05) is 54.6 Å². The highest BCUT2D eigenvalue weighted by Gasteiger charge is 2.62. The maximum Gasteiger partial charge on any atom is 0.310 e. The molecular formula is C21H22O2. The van der Waals surface area contributed by atoms with Crippen LogP contribution in [0.15, 0.2) is 54.6 Å². The molecule has 0 radical (unpaired) electrons. The molecule has 4 aliphatic rings. The molecule has 23 heavy (non-hydrogen) atoms. The van der Waals surface area contributed by atoms with E-state index in [4.69, 9.17) is 0 Å². The molecule has 0 aliphatic heterocycles. The van der Waals surface area contributed by atoms with Crippen LogP contribution in [0.3, 0.4) is 0 Å². The number of carboxylic acid groups (broad SMARTS) is 1. The third kappa shape index (κ3) is 1.84. The third-order valence-electron chi connectivity index (χ3n) is 7.05. The second-order valence-electron chi connectivity index (χ2n) is 7.86. The summed E-state index contributed by atoms with van der Waals surface area (Å²) in [5.41, 5.74) is 1.44. The summed E-state index contributed by atoms with van der Waals surface area (Å²) in [6.45, 7) is 0. The maximum atomic E-state index is 11.6. The van der Waals surface area contributed by atoms with Crippen molar-refractivity contribution in [2.24, 2.45) is 47.3 Å². The van der Waals surface area contributed by atoms with Crippen molar-refractivity contribution < 1.29 is 9.90 Å². The van der Waals surface area contributed by atoms with Crippen molar-refractivity contribution in [3.05, 3.63) is 60.2 Å². The average Bonchev–Trinajstić information content (AvgIpc) is 2.91. The summed E-state index contributed by atoms with van der Waals surface area (Å²) in [6, 6.07) is 10.8. The number of carboxylic acids is 1. The van der Waals surface area contributed by atoms with Crippen LogP contribution in [0.25, 0.3) is 0 Å². The molecule has 0 saturated heterocycles. The molecule has 1 aromatic rings. The SMILES string of the molecule is O=C(O)[C@@H]1C=C[C@@H]2C[C@H]3[C@H](Cc4ccccc4)[C@H]4C=C[C@@H]1[C@@H]2[C@H]43. The van der Waals surface area contributed by atoms with Crippen molar-refractivity contribution in [2.75, 3.05) is 0 Å². The minimum Gasteiger partial charge on any atom is -0.481 e. The van der Waals surface area contributed by atoms with Crippen LogP contribution in [0, 0.1) is 47.3 Å². The Bertz CT molecular complexity index is 689. The number of hydrogen-bond acceptors (Lipinski definition) is 1. The Morgan fingerprint density at radius 1 is 1.00 bits per heavy atom. The summed E-state index contributed by atoms with van der Waals surface area (Å²) < 4.78 is 0. The summed E-state index contributed by atoms with van der Waals surface area (Å²) >= 11 is 0. The summed E-state index contributed by atoms with van der Waals surface area (Å²) in [7, 11) is 0. The molecule has 1 N–H and O–H groups in total. The molecule has 2 nitrogen and oxygen atoms in total. The summed E-state index contributed by atoms with van der Waals surface area (Å²) in [5, 5.41) is 9.51. The zero-order chi connectivity index (χ0) is 15.6. The lowest BCUT2D eigenvalue weighted by molar-refractivity contribution is -0.143. The number of benzene rings is 1. The largest absolute Gasteiger partial charge is 0.481 e. The van der Waals surface area contributed by atoms with Gasteiger partial charge in [0.15, 0.2) is 0 Å². The van der Waals surface area contributed by atoms with E-state index in [1.165, 1.54) is 18.4 Å². The lowest BCUT2D eigenvalue weighted by Crippen LogP contribution is -2.51. The van der Waals surface area contributed by atoms with Gasteiger partial charge in [-0.15, -0.1) is 0 Å². The lowest BCUT2D eigenvalue weighted by atomic mass is 9.50. The molecule has 0 heterocycles. The number of aliphatic carboxylic acids is 1. The van der Waals surface area contributed by atoms with Gasteiger partial charge in [0.05, 0.1) is 5.92 Å². The number of carbonyl (C=O) groups is 1. The first-order chi connectivity index (χ1) is 11.2. The third-order valence-corrected chi connectivity index (χ3v) is 7.05. The molecule has 2 fully saturated rings. The molecule has 0 amide bonds. The molecule has 5 rings (SSSR count). The van der Waals surface area contributed by atoms with Crippen molar-refractivity contribution in [2.45, 2.75) is 12.8 Å². The van der Waals surface area contributed by atoms with Gasteiger partial charge >= 0.3 is 5.97 Å². The minimum absolute atomic E-state index is 0.228. The first kappa shape index (κ1) is 13.6. The molecule has 4 aliphatic carbocycles. The van der Waals surface area contributed by atoms with E-state index >= 15 is 0 Å². The Hall–Kier alpha value is -1.83. The van der Waals surface area contributed by atoms with Crippen molar-refractivity contribution >= 4 is 5.97 Å². The second-order valence-corrected chi connectivity index (χ2v) is 7.86. The van der Waals surface area contributed by atoms with Crippen molar-refractivity contribution in [1.82, 2.24) is 0 Å². The van der Waals surface area contributed by atoms with Gasteiger partial charge in [-0.2, -0.15) is 0 Å². The Morgan fingerprint density at radius 3 is 2.57 bits per heavy atom. The number of rotatable bonds is 3. The van der Waals surface area contributed by atoms with Crippen molar-refractivity contribution in [3.8, 4) is 0 Å². The van der Waals surface area contributed by atoms with E-state index < -0.39 is 5.97 Å². The monoisotopic (exact) mass is 306 g/mol. The normalized spacial score (nSPS) is 45.4. The Balaban J connectivity index is 1.45. The van der Waals surface area contributed by atoms with E-state index in [9.17, 15) is 9.90 Å². The van der Waals surface area contributed by atoms with Gasteiger partial charge in [0.1, 0.15) is 0 Å². The van der Waals surface area contributed by atoms with Crippen LogP contribution in [0.1, 0.15) is 12.0 Å². The van der Waals surface area contributed by atoms with E-state index in [1.54, 1.807) is 0 Å². The van der Waals surface area contributed by atoms with Gasteiger partial charge in [0.25, 0.3) is 0 Å². The molecule has 0 unspecified atom stereocenters. The van der Waals surface area contributed by atoms with Crippen molar-refractivity contribution in [3.63, 3.8) is 0 Å². The summed E-state index contributed by atoms with van der Waals surface area (Å²) in [4.78, 5) is 11.6. The Labute approximate surface area is 136 Å².